The molecule has 0 radical (unpaired) electrons. The van der Waals surface area contributed by atoms with Crippen LogP contribution in [0.3, 0.4) is 0 Å². The maximum Gasteiger partial charge on any atom is 0.343 e. The first kappa shape index (κ1) is 18.8. The van der Waals surface area contributed by atoms with Gasteiger partial charge in [-0.3, -0.25) is 10.1 Å². The molecule has 0 saturated heterocycles. The topological polar surface area (TPSA) is 102 Å². The Hall–Kier alpha value is -2.94. The van der Waals surface area contributed by atoms with Gasteiger partial charge in [0.05, 0.1) is 11.4 Å². The van der Waals surface area contributed by atoms with Crippen molar-refractivity contribution < 1.29 is 23.5 Å². The van der Waals surface area contributed by atoms with E-state index in [1.165, 1.54) is 28.9 Å². The Morgan fingerprint density at radius 2 is 1.96 bits per heavy atom. The number of carbonyl (C=O) groups excluding carboxylic acids is 3. The average Bonchev–Trinajstić information content (AvgIpc) is 3.37. The number of aromatic nitrogens is 2. The molecular formula is C17H16ClFN4O4. The SMILES string of the molecule is Cc1nn(-c2ccc(F)cc2)c(Cl)c1C(=O)OCC(=O)NC(=O)NC1CC1. The third kappa shape index (κ3) is 4.62. The van der Waals surface area contributed by atoms with Crippen LogP contribution in [0.15, 0.2) is 24.3 Å². The van der Waals surface area contributed by atoms with Gasteiger partial charge in [-0.05, 0) is 44.0 Å². The second-order valence-electron chi connectivity index (χ2n) is 6.01. The number of hydrogen-bond donors (Lipinski definition) is 2. The molecule has 0 aliphatic heterocycles. The lowest BCUT2D eigenvalue weighted by atomic mass is 10.2. The lowest BCUT2D eigenvalue weighted by molar-refractivity contribution is -0.123. The molecule has 142 valence electrons. The van der Waals surface area contributed by atoms with Gasteiger partial charge in [0.15, 0.2) is 6.61 Å². The zero-order chi connectivity index (χ0) is 19.6. The molecule has 1 heterocycles. The maximum absolute atomic E-state index is 13.1. The Balaban J connectivity index is 1.63. The number of amides is 3. The fourth-order valence-corrected chi connectivity index (χ4v) is 2.65. The van der Waals surface area contributed by atoms with E-state index in [4.69, 9.17) is 16.3 Å². The molecule has 2 N–H and O–H groups in total. The Labute approximate surface area is 158 Å². The Morgan fingerprint density at radius 3 is 2.59 bits per heavy atom. The van der Waals surface area contributed by atoms with Gasteiger partial charge in [0.25, 0.3) is 5.91 Å². The predicted molar refractivity (Wildman–Crippen MR) is 93.2 cm³/mol. The number of nitrogens with one attached hydrogen (secondary N) is 2. The zero-order valence-corrected chi connectivity index (χ0v) is 15.0. The van der Waals surface area contributed by atoms with Crippen molar-refractivity contribution in [3.05, 3.63) is 46.5 Å². The summed E-state index contributed by atoms with van der Waals surface area (Å²) in [6.45, 7) is 0.903. The number of ether oxygens (including phenoxy) is 1. The highest BCUT2D eigenvalue weighted by Gasteiger charge is 2.25. The van der Waals surface area contributed by atoms with Crippen molar-refractivity contribution >= 4 is 29.5 Å². The smallest absolute Gasteiger partial charge is 0.343 e. The van der Waals surface area contributed by atoms with Crippen LogP contribution in [0.4, 0.5) is 9.18 Å². The van der Waals surface area contributed by atoms with Crippen LogP contribution in [0.25, 0.3) is 5.69 Å². The summed E-state index contributed by atoms with van der Waals surface area (Å²) < 4.78 is 19.2. The summed E-state index contributed by atoms with van der Waals surface area (Å²) in [6.07, 6.45) is 1.76. The summed E-state index contributed by atoms with van der Waals surface area (Å²) >= 11 is 6.20. The normalized spacial score (nSPS) is 13.1. The summed E-state index contributed by atoms with van der Waals surface area (Å²) in [7, 11) is 0. The highest BCUT2D eigenvalue weighted by atomic mass is 35.5. The molecule has 0 unspecified atom stereocenters. The predicted octanol–water partition coefficient (Wildman–Crippen LogP) is 2.12. The highest BCUT2D eigenvalue weighted by Crippen LogP contribution is 2.24. The van der Waals surface area contributed by atoms with Crippen molar-refractivity contribution in [3.63, 3.8) is 0 Å². The molecule has 3 rings (SSSR count). The number of aryl methyl sites for hydroxylation is 1. The fraction of sp³-hybridized carbons (Fsp3) is 0.294. The zero-order valence-electron chi connectivity index (χ0n) is 14.3. The first-order chi connectivity index (χ1) is 12.8. The van der Waals surface area contributed by atoms with Gasteiger partial charge in [0.1, 0.15) is 16.5 Å². The van der Waals surface area contributed by atoms with Gasteiger partial charge in [0, 0.05) is 6.04 Å². The molecule has 0 bridgehead atoms. The van der Waals surface area contributed by atoms with Crippen LogP contribution < -0.4 is 10.6 Å². The van der Waals surface area contributed by atoms with E-state index in [-0.39, 0.29) is 22.5 Å². The molecule has 27 heavy (non-hydrogen) atoms. The second kappa shape index (κ2) is 7.75. The summed E-state index contributed by atoms with van der Waals surface area (Å²) in [5.41, 5.74) is 0.718. The van der Waals surface area contributed by atoms with E-state index in [1.807, 2.05) is 0 Å². The van der Waals surface area contributed by atoms with E-state index in [0.29, 0.717) is 5.69 Å². The summed E-state index contributed by atoms with van der Waals surface area (Å²) in [5.74, 6) is -2.04. The van der Waals surface area contributed by atoms with E-state index in [0.717, 1.165) is 12.8 Å². The van der Waals surface area contributed by atoms with Crippen molar-refractivity contribution in [1.82, 2.24) is 20.4 Å². The molecule has 3 amide bonds. The molecule has 1 fully saturated rings. The van der Waals surface area contributed by atoms with Crippen LogP contribution in [-0.2, 0) is 9.53 Å². The number of nitrogens with zero attached hydrogens (tertiary/aromatic N) is 2. The number of esters is 1. The van der Waals surface area contributed by atoms with Gasteiger partial charge < -0.3 is 10.1 Å². The van der Waals surface area contributed by atoms with E-state index in [2.05, 4.69) is 15.7 Å². The van der Waals surface area contributed by atoms with Crippen molar-refractivity contribution in [2.24, 2.45) is 0 Å². The number of imide groups is 1. The monoisotopic (exact) mass is 394 g/mol. The fourth-order valence-electron chi connectivity index (χ4n) is 2.30. The average molecular weight is 395 g/mol. The van der Waals surface area contributed by atoms with Gasteiger partial charge in [-0.2, -0.15) is 5.10 Å². The first-order valence-electron chi connectivity index (χ1n) is 8.13. The van der Waals surface area contributed by atoms with Gasteiger partial charge in [0.2, 0.25) is 0 Å². The molecule has 1 aliphatic rings. The second-order valence-corrected chi connectivity index (χ2v) is 6.37. The van der Waals surface area contributed by atoms with Crippen molar-refractivity contribution in [3.8, 4) is 5.69 Å². The van der Waals surface area contributed by atoms with Crippen molar-refractivity contribution in [2.45, 2.75) is 25.8 Å². The quantitative estimate of drug-likeness (QED) is 0.756. The van der Waals surface area contributed by atoms with Gasteiger partial charge in [-0.15, -0.1) is 0 Å². The lowest BCUT2D eigenvalue weighted by Crippen LogP contribution is -2.42. The summed E-state index contributed by atoms with van der Waals surface area (Å²) in [5, 5.41) is 8.75. The molecular weight excluding hydrogens is 379 g/mol. The number of halogens is 2. The molecule has 0 spiro atoms. The van der Waals surface area contributed by atoms with Crippen LogP contribution in [0, 0.1) is 12.7 Å². The van der Waals surface area contributed by atoms with Crippen LogP contribution in [-0.4, -0.2) is 40.3 Å². The molecule has 1 aliphatic carbocycles. The Bertz CT molecular complexity index is 893. The third-order valence-corrected chi connectivity index (χ3v) is 4.13. The standard InChI is InChI=1S/C17H16ClFN4O4/c1-9-14(15(18)23(22-9)12-6-2-10(19)3-7-12)16(25)27-8-13(24)21-17(26)20-11-4-5-11/h2-3,6-7,11H,4-5,8H2,1H3,(H2,20,21,24,26). The van der Waals surface area contributed by atoms with Gasteiger partial charge >= 0.3 is 12.0 Å². The molecule has 8 nitrogen and oxygen atoms in total. The van der Waals surface area contributed by atoms with Gasteiger partial charge in [-0.1, -0.05) is 11.6 Å². The van der Waals surface area contributed by atoms with Crippen LogP contribution >= 0.6 is 11.6 Å². The largest absolute Gasteiger partial charge is 0.452 e. The van der Waals surface area contributed by atoms with E-state index in [1.54, 1.807) is 6.92 Å². The highest BCUT2D eigenvalue weighted by molar-refractivity contribution is 6.33. The summed E-state index contributed by atoms with van der Waals surface area (Å²) in [6, 6.07) is 4.84. The minimum atomic E-state index is -0.858. The van der Waals surface area contributed by atoms with E-state index < -0.39 is 30.3 Å². The molecule has 1 aromatic carbocycles. The van der Waals surface area contributed by atoms with Crippen molar-refractivity contribution in [1.29, 1.82) is 0 Å². The number of hydrogen-bond acceptors (Lipinski definition) is 5. The Kier molecular flexibility index (Phi) is 5.41. The van der Waals surface area contributed by atoms with Crippen LogP contribution in [0.5, 0.6) is 0 Å². The number of benzene rings is 1. The molecule has 0 atom stereocenters. The van der Waals surface area contributed by atoms with Crippen molar-refractivity contribution in [2.75, 3.05) is 6.61 Å². The van der Waals surface area contributed by atoms with Crippen LogP contribution in [0.1, 0.15) is 28.9 Å². The van der Waals surface area contributed by atoms with E-state index in [9.17, 15) is 18.8 Å². The molecule has 1 aromatic heterocycles. The summed E-state index contributed by atoms with van der Waals surface area (Å²) in [4.78, 5) is 35.4. The minimum absolute atomic E-state index is 0.0174. The Morgan fingerprint density at radius 1 is 1.30 bits per heavy atom. The molecule has 2 aromatic rings. The molecule has 10 heteroatoms. The number of urea groups is 1. The third-order valence-electron chi connectivity index (χ3n) is 3.78. The first-order valence-corrected chi connectivity index (χ1v) is 8.51. The van der Waals surface area contributed by atoms with Crippen LogP contribution in [0.2, 0.25) is 5.15 Å². The number of carbonyl (C=O) groups is 3. The minimum Gasteiger partial charge on any atom is -0.452 e. The number of rotatable bonds is 5. The van der Waals surface area contributed by atoms with E-state index >= 15 is 0 Å². The van der Waals surface area contributed by atoms with Gasteiger partial charge in [-0.25, -0.2) is 18.7 Å². The lowest BCUT2D eigenvalue weighted by Gasteiger charge is -2.07. The molecule has 1 saturated carbocycles. The maximum atomic E-state index is 13.1.